The Morgan fingerprint density at radius 2 is 2.08 bits per heavy atom. The highest BCUT2D eigenvalue weighted by Gasteiger charge is 2.32. The SMILES string of the molecule is C1=NCN([C@H]2CCc3ccccc32)C2=C1CCN2.Nc1ccncn1. The number of anilines is 1. The van der Waals surface area contributed by atoms with Crippen LogP contribution in [0.1, 0.15) is 30.0 Å². The molecule has 1 aromatic carbocycles. The Bertz CT molecular complexity index is 799. The molecule has 0 saturated heterocycles. The monoisotopic (exact) mass is 334 g/mol. The minimum atomic E-state index is 0.509. The van der Waals surface area contributed by atoms with Gasteiger partial charge in [0.2, 0.25) is 0 Å². The predicted octanol–water partition coefficient (Wildman–Crippen LogP) is 2.28. The zero-order valence-electron chi connectivity index (χ0n) is 14.1. The van der Waals surface area contributed by atoms with Crippen LogP contribution in [0, 0.1) is 0 Å². The number of aryl methyl sites for hydroxylation is 1. The predicted molar refractivity (Wildman–Crippen MR) is 98.8 cm³/mol. The zero-order chi connectivity index (χ0) is 17.1. The van der Waals surface area contributed by atoms with Crippen molar-refractivity contribution in [3.63, 3.8) is 0 Å². The third-order valence-electron chi connectivity index (χ3n) is 4.84. The van der Waals surface area contributed by atoms with E-state index in [-0.39, 0.29) is 0 Å². The zero-order valence-corrected chi connectivity index (χ0v) is 14.1. The molecule has 1 aliphatic carbocycles. The van der Waals surface area contributed by atoms with E-state index in [2.05, 4.69) is 49.4 Å². The van der Waals surface area contributed by atoms with Crippen LogP contribution in [0.4, 0.5) is 5.82 Å². The van der Waals surface area contributed by atoms with Crippen molar-refractivity contribution >= 4 is 12.0 Å². The van der Waals surface area contributed by atoms with E-state index in [4.69, 9.17) is 5.73 Å². The topological polar surface area (TPSA) is 79.4 Å². The summed E-state index contributed by atoms with van der Waals surface area (Å²) >= 11 is 0. The first-order chi connectivity index (χ1) is 12.3. The first-order valence-electron chi connectivity index (χ1n) is 8.65. The lowest BCUT2D eigenvalue weighted by Gasteiger charge is -2.33. The fourth-order valence-corrected chi connectivity index (χ4v) is 3.68. The molecular formula is C19H22N6. The van der Waals surface area contributed by atoms with Crippen LogP contribution in [-0.4, -0.2) is 34.3 Å². The number of fused-ring (bicyclic) bond motifs is 1. The second-order valence-corrected chi connectivity index (χ2v) is 6.36. The molecule has 5 rings (SSSR count). The average molecular weight is 334 g/mol. The first-order valence-corrected chi connectivity index (χ1v) is 8.65. The third-order valence-corrected chi connectivity index (χ3v) is 4.84. The summed E-state index contributed by atoms with van der Waals surface area (Å²) in [5.41, 5.74) is 9.59. The van der Waals surface area contributed by atoms with Crippen LogP contribution >= 0.6 is 0 Å². The Morgan fingerprint density at radius 3 is 2.88 bits per heavy atom. The number of aromatic nitrogens is 2. The van der Waals surface area contributed by atoms with Crippen molar-refractivity contribution in [3.05, 3.63) is 65.4 Å². The number of hydrogen-bond donors (Lipinski definition) is 2. The molecule has 2 aliphatic heterocycles. The molecule has 0 spiro atoms. The molecule has 6 heteroatoms. The average Bonchev–Trinajstić information content (AvgIpc) is 3.29. The van der Waals surface area contributed by atoms with E-state index in [1.165, 1.54) is 41.7 Å². The summed E-state index contributed by atoms with van der Waals surface area (Å²) in [7, 11) is 0. The number of nitrogens with one attached hydrogen (secondary N) is 1. The van der Waals surface area contributed by atoms with Crippen molar-refractivity contribution in [2.45, 2.75) is 25.3 Å². The van der Waals surface area contributed by atoms with Crippen LogP contribution in [0.2, 0.25) is 0 Å². The maximum absolute atomic E-state index is 5.21. The van der Waals surface area contributed by atoms with Gasteiger partial charge >= 0.3 is 0 Å². The first kappa shape index (κ1) is 15.6. The Labute approximate surface area is 147 Å². The maximum atomic E-state index is 5.21. The normalized spacial score (nSPS) is 20.5. The Balaban J connectivity index is 0.000000190. The highest BCUT2D eigenvalue weighted by Crippen LogP contribution is 2.38. The van der Waals surface area contributed by atoms with Crippen molar-refractivity contribution in [2.24, 2.45) is 4.99 Å². The van der Waals surface area contributed by atoms with Crippen LogP contribution in [0.15, 0.2) is 59.2 Å². The van der Waals surface area contributed by atoms with Gasteiger partial charge in [0.05, 0.1) is 6.04 Å². The highest BCUT2D eigenvalue weighted by atomic mass is 15.3. The smallest absolute Gasteiger partial charge is 0.126 e. The van der Waals surface area contributed by atoms with Crippen LogP contribution in [0.5, 0.6) is 0 Å². The minimum Gasteiger partial charge on any atom is -0.384 e. The summed E-state index contributed by atoms with van der Waals surface area (Å²) in [6.07, 6.45) is 8.59. The molecule has 128 valence electrons. The molecule has 0 fully saturated rings. The molecule has 2 aromatic rings. The van der Waals surface area contributed by atoms with Gasteiger partial charge in [-0.2, -0.15) is 0 Å². The van der Waals surface area contributed by atoms with Crippen LogP contribution in [-0.2, 0) is 6.42 Å². The molecule has 3 heterocycles. The number of hydrogen-bond acceptors (Lipinski definition) is 6. The van der Waals surface area contributed by atoms with Crippen LogP contribution < -0.4 is 11.1 Å². The Hall–Kier alpha value is -2.89. The number of benzene rings is 1. The van der Waals surface area contributed by atoms with E-state index in [0.29, 0.717) is 11.9 Å². The molecule has 0 amide bonds. The molecule has 3 N–H and O–H groups in total. The third kappa shape index (κ3) is 3.20. The van der Waals surface area contributed by atoms with E-state index in [0.717, 1.165) is 19.6 Å². The van der Waals surface area contributed by atoms with Gasteiger partial charge in [0, 0.05) is 24.5 Å². The van der Waals surface area contributed by atoms with E-state index in [9.17, 15) is 0 Å². The second kappa shape index (κ2) is 6.93. The van der Waals surface area contributed by atoms with Crippen LogP contribution in [0.25, 0.3) is 0 Å². The molecule has 0 unspecified atom stereocenters. The lowest BCUT2D eigenvalue weighted by molar-refractivity contribution is 0.245. The van der Waals surface area contributed by atoms with Crippen LogP contribution in [0.3, 0.4) is 0 Å². The summed E-state index contributed by atoms with van der Waals surface area (Å²) in [4.78, 5) is 14.3. The van der Waals surface area contributed by atoms with Crippen molar-refractivity contribution in [2.75, 3.05) is 18.9 Å². The van der Waals surface area contributed by atoms with E-state index in [1.54, 1.807) is 12.3 Å². The fourth-order valence-electron chi connectivity index (χ4n) is 3.68. The van der Waals surface area contributed by atoms with Crippen molar-refractivity contribution in [1.82, 2.24) is 20.2 Å². The summed E-state index contributed by atoms with van der Waals surface area (Å²) in [5, 5.41) is 3.53. The Morgan fingerprint density at radius 1 is 1.16 bits per heavy atom. The lowest BCUT2D eigenvalue weighted by Crippen LogP contribution is -2.34. The van der Waals surface area contributed by atoms with Crippen molar-refractivity contribution in [3.8, 4) is 0 Å². The van der Waals surface area contributed by atoms with Gasteiger partial charge in [-0.3, -0.25) is 4.99 Å². The van der Waals surface area contributed by atoms with Crippen molar-refractivity contribution < 1.29 is 0 Å². The minimum absolute atomic E-state index is 0.509. The van der Waals surface area contributed by atoms with Crippen molar-refractivity contribution in [1.29, 1.82) is 0 Å². The molecule has 0 radical (unpaired) electrons. The van der Waals surface area contributed by atoms with Gasteiger partial charge in [-0.25, -0.2) is 9.97 Å². The molecule has 6 nitrogen and oxygen atoms in total. The molecule has 25 heavy (non-hydrogen) atoms. The van der Waals surface area contributed by atoms with Gasteiger partial charge in [-0.05, 0) is 36.5 Å². The summed E-state index contributed by atoms with van der Waals surface area (Å²) in [6.45, 7) is 1.85. The maximum Gasteiger partial charge on any atom is 0.126 e. The van der Waals surface area contributed by atoms with Gasteiger partial charge in [0.15, 0.2) is 0 Å². The molecular weight excluding hydrogens is 312 g/mol. The number of nitrogen functional groups attached to an aromatic ring is 1. The summed E-state index contributed by atoms with van der Waals surface area (Å²) in [6, 6.07) is 11.0. The molecule has 0 bridgehead atoms. The number of rotatable bonds is 1. The quantitative estimate of drug-likeness (QED) is 0.836. The lowest BCUT2D eigenvalue weighted by atomic mass is 10.1. The second-order valence-electron chi connectivity index (χ2n) is 6.36. The Kier molecular flexibility index (Phi) is 4.33. The fraction of sp³-hybridized carbons (Fsp3) is 0.316. The van der Waals surface area contributed by atoms with E-state index in [1.807, 2.05) is 6.21 Å². The molecule has 1 atom stereocenters. The van der Waals surface area contributed by atoms with Gasteiger partial charge in [0.1, 0.15) is 24.6 Å². The molecule has 0 saturated carbocycles. The number of nitrogens with zero attached hydrogens (tertiary/aromatic N) is 4. The van der Waals surface area contributed by atoms with Gasteiger partial charge in [-0.1, -0.05) is 24.3 Å². The largest absolute Gasteiger partial charge is 0.384 e. The van der Waals surface area contributed by atoms with Gasteiger partial charge in [0.25, 0.3) is 0 Å². The summed E-state index contributed by atoms with van der Waals surface area (Å²) in [5.74, 6) is 1.83. The standard InChI is InChI=1S/C15H17N3.C4H5N3/c1-2-4-13-11(3-1)5-6-14(13)18-10-16-9-12-7-8-17-15(12)18;5-4-1-2-6-3-7-4/h1-4,9,14,17H,5-8,10H2;1-3H,(H2,5,6,7)/t14-;/m0./s1. The molecule has 3 aliphatic rings. The number of nitrogens with two attached hydrogens (primary N) is 1. The number of aliphatic imine (C=N–C) groups is 1. The van der Waals surface area contributed by atoms with E-state index >= 15 is 0 Å². The highest BCUT2D eigenvalue weighted by molar-refractivity contribution is 5.81. The summed E-state index contributed by atoms with van der Waals surface area (Å²) < 4.78 is 0. The molecule has 1 aromatic heterocycles. The van der Waals surface area contributed by atoms with E-state index < -0.39 is 0 Å². The van der Waals surface area contributed by atoms with Gasteiger partial charge < -0.3 is 16.0 Å². The van der Waals surface area contributed by atoms with Gasteiger partial charge in [-0.15, -0.1) is 0 Å².